The Labute approximate surface area is 85.4 Å². The summed E-state index contributed by atoms with van der Waals surface area (Å²) in [6.45, 7) is -0.0865. The predicted molar refractivity (Wildman–Crippen MR) is 50.1 cm³/mol. The molecule has 0 atom stereocenters. The number of carbonyl (C=O) groups excluding carboxylic acids is 2. The Morgan fingerprint density at radius 3 is 2.79 bits per heavy atom. The number of likely N-dealkylation sites (N-methyl/N-ethyl adjacent to an activating group) is 1. The van der Waals surface area contributed by atoms with Crippen LogP contribution >= 0.6 is 11.6 Å². The molecule has 0 spiro atoms. The van der Waals surface area contributed by atoms with Crippen molar-refractivity contribution < 1.29 is 14.0 Å². The van der Waals surface area contributed by atoms with Gasteiger partial charge in [-0.25, -0.2) is 0 Å². The van der Waals surface area contributed by atoms with Crippen LogP contribution < -0.4 is 10.6 Å². The maximum absolute atomic E-state index is 11.3. The first-order chi connectivity index (χ1) is 6.65. The van der Waals surface area contributed by atoms with Gasteiger partial charge in [0.1, 0.15) is 0 Å². The van der Waals surface area contributed by atoms with Crippen molar-refractivity contribution in [1.29, 1.82) is 0 Å². The zero-order valence-corrected chi connectivity index (χ0v) is 8.22. The highest BCUT2D eigenvalue weighted by atomic mass is 35.5. The predicted octanol–water partition coefficient (Wildman–Crippen LogP) is 0.409. The van der Waals surface area contributed by atoms with Crippen LogP contribution in [0.4, 0.5) is 0 Å². The van der Waals surface area contributed by atoms with E-state index in [1.807, 2.05) is 0 Å². The van der Waals surface area contributed by atoms with Crippen LogP contribution in [0.3, 0.4) is 0 Å². The van der Waals surface area contributed by atoms with Crippen LogP contribution in [0, 0.1) is 0 Å². The van der Waals surface area contributed by atoms with Gasteiger partial charge in [-0.1, -0.05) is 0 Å². The van der Waals surface area contributed by atoms with E-state index in [4.69, 9.17) is 16.0 Å². The molecule has 1 aromatic heterocycles. The Balaban J connectivity index is 2.52. The number of furan rings is 1. The van der Waals surface area contributed by atoms with Crippen LogP contribution in [-0.4, -0.2) is 25.4 Å². The second-order valence-electron chi connectivity index (χ2n) is 2.46. The number of rotatable bonds is 3. The molecule has 2 amide bonds. The van der Waals surface area contributed by atoms with Crippen molar-refractivity contribution in [2.45, 2.75) is 0 Å². The topological polar surface area (TPSA) is 71.3 Å². The van der Waals surface area contributed by atoms with Crippen LogP contribution in [0.1, 0.15) is 10.4 Å². The minimum atomic E-state index is -0.438. The second kappa shape index (κ2) is 4.66. The molecule has 0 radical (unpaired) electrons. The maximum atomic E-state index is 11.3. The van der Waals surface area contributed by atoms with Gasteiger partial charge in [-0.05, 0) is 17.7 Å². The van der Waals surface area contributed by atoms with Gasteiger partial charge in [-0.15, -0.1) is 0 Å². The van der Waals surface area contributed by atoms with Crippen LogP contribution in [0.25, 0.3) is 0 Å². The lowest BCUT2D eigenvalue weighted by Crippen LogP contribution is -2.35. The van der Waals surface area contributed by atoms with E-state index in [0.717, 1.165) is 0 Å². The number of carbonyl (C=O) groups is 2. The van der Waals surface area contributed by atoms with Gasteiger partial charge in [0, 0.05) is 7.05 Å². The molecule has 0 aliphatic rings. The zero-order chi connectivity index (χ0) is 10.6. The van der Waals surface area contributed by atoms with Gasteiger partial charge in [-0.2, -0.15) is 0 Å². The molecule has 1 heterocycles. The summed E-state index contributed by atoms with van der Waals surface area (Å²) >= 11 is 5.56. The first-order valence-corrected chi connectivity index (χ1v) is 4.24. The van der Waals surface area contributed by atoms with Gasteiger partial charge >= 0.3 is 0 Å². The highest BCUT2D eigenvalue weighted by Gasteiger charge is 2.12. The Morgan fingerprint density at radius 1 is 1.57 bits per heavy atom. The zero-order valence-electron chi connectivity index (χ0n) is 7.46. The fraction of sp³-hybridized carbons (Fsp3) is 0.250. The van der Waals surface area contributed by atoms with E-state index in [0.29, 0.717) is 0 Å². The van der Waals surface area contributed by atoms with Gasteiger partial charge in [0.05, 0.1) is 18.4 Å². The van der Waals surface area contributed by atoms with Crippen molar-refractivity contribution in [3.05, 3.63) is 23.1 Å². The SMILES string of the molecule is CNC(=O)CNC(=O)c1ccoc1Cl. The summed E-state index contributed by atoms with van der Waals surface area (Å²) in [6, 6.07) is 1.43. The van der Waals surface area contributed by atoms with Gasteiger partial charge in [0.25, 0.3) is 5.91 Å². The van der Waals surface area contributed by atoms with E-state index in [1.165, 1.54) is 19.4 Å². The number of hydrogen-bond donors (Lipinski definition) is 2. The van der Waals surface area contributed by atoms with E-state index >= 15 is 0 Å². The molecule has 76 valence electrons. The molecular weight excluding hydrogens is 208 g/mol. The minimum Gasteiger partial charge on any atom is -0.452 e. The van der Waals surface area contributed by atoms with E-state index in [2.05, 4.69) is 10.6 Å². The molecule has 0 unspecified atom stereocenters. The minimum absolute atomic E-state index is 0.0133. The van der Waals surface area contributed by atoms with Crippen LogP contribution in [0.15, 0.2) is 16.7 Å². The average Bonchev–Trinajstić information content (AvgIpc) is 2.60. The molecule has 0 saturated heterocycles. The molecule has 5 nitrogen and oxygen atoms in total. The number of hydrogen-bond acceptors (Lipinski definition) is 3. The highest BCUT2D eigenvalue weighted by Crippen LogP contribution is 2.15. The molecule has 0 saturated carbocycles. The summed E-state index contributed by atoms with van der Waals surface area (Å²) in [5.41, 5.74) is 0.218. The summed E-state index contributed by atoms with van der Waals surface area (Å²) in [4.78, 5) is 22.1. The Hall–Kier alpha value is -1.49. The summed E-state index contributed by atoms with van der Waals surface area (Å²) in [7, 11) is 1.49. The number of halogens is 1. The fourth-order valence-electron chi connectivity index (χ4n) is 0.800. The van der Waals surface area contributed by atoms with E-state index in [-0.39, 0.29) is 23.2 Å². The first kappa shape index (κ1) is 10.6. The Morgan fingerprint density at radius 2 is 2.29 bits per heavy atom. The molecule has 1 aromatic rings. The summed E-state index contributed by atoms with van der Waals surface area (Å²) in [6.07, 6.45) is 1.30. The lowest BCUT2D eigenvalue weighted by atomic mass is 10.3. The summed E-state index contributed by atoms with van der Waals surface area (Å²) < 4.78 is 4.72. The van der Waals surface area contributed by atoms with Gasteiger partial charge < -0.3 is 15.1 Å². The quantitative estimate of drug-likeness (QED) is 0.769. The summed E-state index contributed by atoms with van der Waals surface area (Å²) in [5, 5.41) is 4.76. The molecule has 1 rings (SSSR count). The Bertz CT molecular complexity index is 348. The fourth-order valence-corrected chi connectivity index (χ4v) is 1.00. The van der Waals surface area contributed by atoms with E-state index < -0.39 is 5.91 Å². The Kier molecular flexibility index (Phi) is 3.53. The molecule has 2 N–H and O–H groups in total. The van der Waals surface area contributed by atoms with Crippen molar-refractivity contribution in [2.75, 3.05) is 13.6 Å². The molecule has 0 bridgehead atoms. The number of nitrogens with one attached hydrogen (secondary N) is 2. The third-order valence-electron chi connectivity index (χ3n) is 1.55. The van der Waals surface area contributed by atoms with Gasteiger partial charge in [0.15, 0.2) is 0 Å². The van der Waals surface area contributed by atoms with Crippen molar-refractivity contribution in [1.82, 2.24) is 10.6 Å². The molecule has 0 fully saturated rings. The monoisotopic (exact) mass is 216 g/mol. The van der Waals surface area contributed by atoms with Crippen molar-refractivity contribution in [2.24, 2.45) is 0 Å². The van der Waals surface area contributed by atoms with Gasteiger partial charge in [-0.3, -0.25) is 9.59 Å². The normalized spacial score (nSPS) is 9.57. The first-order valence-electron chi connectivity index (χ1n) is 3.87. The largest absolute Gasteiger partial charge is 0.452 e. The van der Waals surface area contributed by atoms with E-state index in [9.17, 15) is 9.59 Å². The molecule has 0 aliphatic heterocycles. The van der Waals surface area contributed by atoms with Crippen molar-refractivity contribution >= 4 is 23.4 Å². The summed E-state index contributed by atoms with van der Waals surface area (Å²) in [5.74, 6) is -0.717. The van der Waals surface area contributed by atoms with Crippen LogP contribution in [0.2, 0.25) is 5.22 Å². The highest BCUT2D eigenvalue weighted by molar-refractivity contribution is 6.32. The standard InChI is InChI=1S/C8H9ClN2O3/c1-10-6(12)4-11-8(13)5-2-3-14-7(5)9/h2-3H,4H2,1H3,(H,10,12)(H,11,13). The molecule has 0 aromatic carbocycles. The molecule has 6 heteroatoms. The van der Waals surface area contributed by atoms with Crippen molar-refractivity contribution in [3.63, 3.8) is 0 Å². The number of amides is 2. The van der Waals surface area contributed by atoms with Crippen LogP contribution in [0.5, 0.6) is 0 Å². The third kappa shape index (κ3) is 2.50. The second-order valence-corrected chi connectivity index (χ2v) is 2.81. The van der Waals surface area contributed by atoms with E-state index in [1.54, 1.807) is 0 Å². The lowest BCUT2D eigenvalue weighted by molar-refractivity contribution is -0.119. The smallest absolute Gasteiger partial charge is 0.256 e. The average molecular weight is 217 g/mol. The van der Waals surface area contributed by atoms with Crippen molar-refractivity contribution in [3.8, 4) is 0 Å². The molecular formula is C8H9ClN2O3. The van der Waals surface area contributed by atoms with Gasteiger partial charge in [0.2, 0.25) is 11.1 Å². The lowest BCUT2D eigenvalue weighted by Gasteiger charge is -2.01. The van der Waals surface area contributed by atoms with Crippen LogP contribution in [-0.2, 0) is 4.79 Å². The third-order valence-corrected chi connectivity index (χ3v) is 1.84. The maximum Gasteiger partial charge on any atom is 0.256 e. The molecule has 0 aliphatic carbocycles. The molecule has 14 heavy (non-hydrogen) atoms.